The Balaban J connectivity index is 1.90. The molecular weight excluding hydrogens is 462 g/mol. The zero-order valence-corrected chi connectivity index (χ0v) is 20.1. The fourth-order valence-electron chi connectivity index (χ4n) is 3.05. The van der Waals surface area contributed by atoms with Gasteiger partial charge in [-0.25, -0.2) is 14.4 Å². The number of benzene rings is 2. The molecule has 186 valence electrons. The number of anilines is 1. The normalized spacial score (nSPS) is 11.4. The molecule has 9 nitrogen and oxygen atoms in total. The monoisotopic (exact) mass is 489 g/mol. The number of carbonyl (C=O) groups is 3. The van der Waals surface area contributed by atoms with Gasteiger partial charge in [-0.1, -0.05) is 60.7 Å². The molecule has 2 amide bonds. The second-order valence-corrected chi connectivity index (χ2v) is 8.70. The van der Waals surface area contributed by atoms with Gasteiger partial charge in [-0.05, 0) is 38.5 Å². The van der Waals surface area contributed by atoms with Gasteiger partial charge in [0, 0.05) is 11.1 Å². The van der Waals surface area contributed by atoms with E-state index < -0.39 is 29.5 Å². The number of hydrogen-bond acceptors (Lipinski definition) is 6. The van der Waals surface area contributed by atoms with Gasteiger partial charge in [0.15, 0.2) is 0 Å². The summed E-state index contributed by atoms with van der Waals surface area (Å²) in [6.45, 7) is 5.13. The zero-order chi connectivity index (χ0) is 26.1. The van der Waals surface area contributed by atoms with Gasteiger partial charge in [-0.15, -0.1) is 0 Å². The molecule has 3 aromatic rings. The first kappa shape index (κ1) is 26.0. The number of nitrogens with zero attached hydrogens (tertiary/aromatic N) is 1. The van der Waals surface area contributed by atoms with Crippen molar-refractivity contribution >= 4 is 29.9 Å². The number of aliphatic carboxylic acids is 1. The molecular formula is C27H27N3O6. The van der Waals surface area contributed by atoms with Crippen molar-refractivity contribution in [2.24, 2.45) is 0 Å². The molecule has 0 atom stereocenters. The van der Waals surface area contributed by atoms with Crippen LogP contribution in [0.3, 0.4) is 0 Å². The first-order valence-electron chi connectivity index (χ1n) is 11.1. The number of ether oxygens (including phenoxy) is 2. The van der Waals surface area contributed by atoms with Crippen LogP contribution in [0.2, 0.25) is 0 Å². The molecule has 0 aliphatic carbocycles. The van der Waals surface area contributed by atoms with Gasteiger partial charge in [0.2, 0.25) is 0 Å². The number of alkyl carbamates (subject to hydrolysis) is 1. The lowest BCUT2D eigenvalue weighted by Crippen LogP contribution is -2.28. The SMILES string of the molecule is CC(C)(C)OC(=O)Nc1cnc(-c2ccccc2)cc1C=C(NC(=O)OCc1ccccc1)C(=O)O. The number of aromatic nitrogens is 1. The van der Waals surface area contributed by atoms with Gasteiger partial charge < -0.3 is 14.6 Å². The maximum Gasteiger partial charge on any atom is 0.412 e. The molecule has 3 N–H and O–H groups in total. The van der Waals surface area contributed by atoms with E-state index in [0.29, 0.717) is 5.69 Å². The van der Waals surface area contributed by atoms with Crippen LogP contribution in [0.5, 0.6) is 0 Å². The second-order valence-electron chi connectivity index (χ2n) is 8.70. The molecule has 0 fully saturated rings. The molecule has 0 saturated carbocycles. The van der Waals surface area contributed by atoms with E-state index in [0.717, 1.165) is 11.1 Å². The first-order valence-corrected chi connectivity index (χ1v) is 11.1. The van der Waals surface area contributed by atoms with E-state index >= 15 is 0 Å². The van der Waals surface area contributed by atoms with Crippen LogP contribution in [0.15, 0.2) is 78.6 Å². The molecule has 3 rings (SSSR count). The summed E-state index contributed by atoms with van der Waals surface area (Å²) in [6.07, 6.45) is 0.933. The molecule has 1 heterocycles. The maximum absolute atomic E-state index is 12.4. The molecule has 0 radical (unpaired) electrons. The van der Waals surface area contributed by atoms with Crippen molar-refractivity contribution in [1.29, 1.82) is 0 Å². The summed E-state index contributed by atoms with van der Waals surface area (Å²) < 4.78 is 10.4. The third-order valence-electron chi connectivity index (χ3n) is 4.62. The molecule has 0 saturated heterocycles. The highest BCUT2D eigenvalue weighted by Gasteiger charge is 2.19. The number of carboxylic acid groups (broad SMARTS) is 1. The van der Waals surface area contributed by atoms with E-state index in [2.05, 4.69) is 15.6 Å². The Labute approximate surface area is 208 Å². The smallest absolute Gasteiger partial charge is 0.412 e. The van der Waals surface area contributed by atoms with Gasteiger partial charge in [0.05, 0.1) is 17.6 Å². The molecule has 2 aromatic carbocycles. The Hall–Kier alpha value is -4.66. The standard InChI is InChI=1S/C27H27N3O6/c1-27(2,3)36-26(34)30-23-16-28-21(19-12-8-5-9-13-19)14-20(23)15-22(24(31)32)29-25(33)35-17-18-10-6-4-7-11-18/h4-16H,17H2,1-3H3,(H,29,33)(H,30,34)(H,31,32). The molecule has 0 aliphatic rings. The molecule has 0 aliphatic heterocycles. The van der Waals surface area contributed by atoms with E-state index in [1.807, 2.05) is 36.4 Å². The molecule has 9 heteroatoms. The summed E-state index contributed by atoms with van der Waals surface area (Å²) in [5.41, 5.74) is 1.35. The number of carboxylic acids is 1. The Morgan fingerprint density at radius 3 is 2.22 bits per heavy atom. The number of rotatable bonds is 7. The van der Waals surface area contributed by atoms with Crippen LogP contribution in [0.4, 0.5) is 15.3 Å². The van der Waals surface area contributed by atoms with Gasteiger partial charge in [-0.3, -0.25) is 15.6 Å². The number of carbonyl (C=O) groups excluding carboxylic acids is 2. The summed E-state index contributed by atoms with van der Waals surface area (Å²) >= 11 is 0. The van der Waals surface area contributed by atoms with E-state index in [4.69, 9.17) is 9.47 Å². The van der Waals surface area contributed by atoms with E-state index in [9.17, 15) is 19.5 Å². The molecule has 0 unspecified atom stereocenters. The van der Waals surface area contributed by atoms with Gasteiger partial charge in [0.1, 0.15) is 17.9 Å². The van der Waals surface area contributed by atoms with Crippen LogP contribution in [-0.4, -0.2) is 33.8 Å². The summed E-state index contributed by atoms with van der Waals surface area (Å²) in [4.78, 5) is 41.0. The van der Waals surface area contributed by atoms with Crippen LogP contribution in [0.1, 0.15) is 31.9 Å². The fourth-order valence-corrected chi connectivity index (χ4v) is 3.05. The van der Waals surface area contributed by atoms with E-state index in [-0.39, 0.29) is 17.9 Å². The Bertz CT molecular complexity index is 1250. The Morgan fingerprint density at radius 1 is 0.972 bits per heavy atom. The summed E-state index contributed by atoms with van der Waals surface area (Å²) in [7, 11) is 0. The second kappa shape index (κ2) is 11.7. The van der Waals surface area contributed by atoms with Crippen LogP contribution < -0.4 is 10.6 Å². The van der Waals surface area contributed by atoms with Crippen LogP contribution in [0, 0.1) is 0 Å². The maximum atomic E-state index is 12.4. The molecule has 0 spiro atoms. The van der Waals surface area contributed by atoms with Crippen molar-refractivity contribution in [3.63, 3.8) is 0 Å². The minimum Gasteiger partial charge on any atom is -0.477 e. The van der Waals surface area contributed by atoms with Crippen LogP contribution >= 0.6 is 0 Å². The largest absolute Gasteiger partial charge is 0.477 e. The van der Waals surface area contributed by atoms with Crippen molar-refractivity contribution in [2.45, 2.75) is 33.0 Å². The minimum absolute atomic E-state index is 0.0293. The quantitative estimate of drug-likeness (QED) is 0.377. The predicted octanol–water partition coefficient (Wildman–Crippen LogP) is 5.45. The Kier molecular flexibility index (Phi) is 8.40. The highest BCUT2D eigenvalue weighted by Crippen LogP contribution is 2.25. The fraction of sp³-hybridized carbons (Fsp3) is 0.185. The number of hydrogen-bond donors (Lipinski definition) is 3. The van der Waals surface area contributed by atoms with E-state index in [1.165, 1.54) is 12.3 Å². The third-order valence-corrected chi connectivity index (χ3v) is 4.62. The number of pyridine rings is 1. The molecule has 0 bridgehead atoms. The average Bonchev–Trinajstić information content (AvgIpc) is 2.83. The predicted molar refractivity (Wildman–Crippen MR) is 135 cm³/mol. The van der Waals surface area contributed by atoms with Crippen molar-refractivity contribution in [1.82, 2.24) is 10.3 Å². The van der Waals surface area contributed by atoms with E-state index in [1.54, 1.807) is 51.1 Å². The first-order chi connectivity index (χ1) is 17.1. The lowest BCUT2D eigenvalue weighted by Gasteiger charge is -2.20. The highest BCUT2D eigenvalue weighted by molar-refractivity contribution is 5.97. The summed E-state index contributed by atoms with van der Waals surface area (Å²) in [5, 5.41) is 14.5. The molecule has 36 heavy (non-hydrogen) atoms. The average molecular weight is 490 g/mol. The van der Waals surface area contributed by atoms with Gasteiger partial charge >= 0.3 is 18.2 Å². The van der Waals surface area contributed by atoms with Crippen LogP contribution in [0.25, 0.3) is 17.3 Å². The summed E-state index contributed by atoms with van der Waals surface area (Å²) in [6, 6.07) is 19.8. The molecule has 1 aromatic heterocycles. The lowest BCUT2D eigenvalue weighted by molar-refractivity contribution is -0.132. The van der Waals surface area contributed by atoms with Gasteiger partial charge in [-0.2, -0.15) is 0 Å². The van der Waals surface area contributed by atoms with Crippen LogP contribution in [-0.2, 0) is 20.9 Å². The minimum atomic E-state index is -1.40. The Morgan fingerprint density at radius 2 is 1.61 bits per heavy atom. The number of nitrogens with one attached hydrogen (secondary N) is 2. The summed E-state index contributed by atoms with van der Waals surface area (Å²) in [5.74, 6) is -1.40. The zero-order valence-electron chi connectivity index (χ0n) is 20.1. The van der Waals surface area contributed by atoms with Crippen molar-refractivity contribution in [3.05, 3.63) is 89.8 Å². The number of amides is 2. The van der Waals surface area contributed by atoms with Crippen molar-refractivity contribution < 1.29 is 29.0 Å². The van der Waals surface area contributed by atoms with Gasteiger partial charge in [0.25, 0.3) is 0 Å². The highest BCUT2D eigenvalue weighted by atomic mass is 16.6. The van der Waals surface area contributed by atoms with Crippen molar-refractivity contribution in [2.75, 3.05) is 5.32 Å². The third kappa shape index (κ3) is 7.98. The van der Waals surface area contributed by atoms with Crippen molar-refractivity contribution in [3.8, 4) is 11.3 Å². The topological polar surface area (TPSA) is 127 Å². The lowest BCUT2D eigenvalue weighted by atomic mass is 10.1.